The number of para-hydroxylation sites is 2. The van der Waals surface area contributed by atoms with Crippen molar-refractivity contribution in [1.82, 2.24) is 10.4 Å². The Labute approximate surface area is 140 Å². The van der Waals surface area contributed by atoms with Crippen LogP contribution in [-0.4, -0.2) is 47.3 Å². The smallest absolute Gasteiger partial charge is 0.265 e. The molecule has 2 aromatic rings. The number of carbonyl (C=O) groups is 1. The van der Waals surface area contributed by atoms with Gasteiger partial charge in [-0.1, -0.05) is 42.5 Å². The highest BCUT2D eigenvalue weighted by molar-refractivity contribution is 5.82. The van der Waals surface area contributed by atoms with Gasteiger partial charge in [0.05, 0.1) is 5.69 Å². The summed E-state index contributed by atoms with van der Waals surface area (Å²) in [5.41, 5.74) is 3.43. The van der Waals surface area contributed by atoms with Crippen LogP contribution in [0.25, 0.3) is 0 Å². The van der Waals surface area contributed by atoms with Gasteiger partial charge in [-0.25, -0.2) is 5.48 Å². The van der Waals surface area contributed by atoms with Gasteiger partial charge in [-0.2, -0.15) is 0 Å². The van der Waals surface area contributed by atoms with E-state index in [1.54, 1.807) is 17.6 Å². The molecule has 1 fully saturated rings. The van der Waals surface area contributed by atoms with E-state index in [1.807, 2.05) is 47.4 Å². The van der Waals surface area contributed by atoms with E-state index in [1.165, 1.54) is 0 Å². The molecule has 2 aromatic carbocycles. The Bertz CT molecular complexity index is 685. The number of hydrogen-bond acceptors (Lipinski definition) is 5. The molecule has 6 heteroatoms. The lowest BCUT2D eigenvalue weighted by Crippen LogP contribution is -2.50. The summed E-state index contributed by atoms with van der Waals surface area (Å²) in [5, 5.41) is 19.1. The van der Waals surface area contributed by atoms with Crippen molar-refractivity contribution in [2.45, 2.75) is 6.04 Å². The maximum absolute atomic E-state index is 12.2. The average molecular weight is 327 g/mol. The summed E-state index contributed by atoms with van der Waals surface area (Å²) < 4.78 is 0. The van der Waals surface area contributed by atoms with E-state index in [9.17, 15) is 9.90 Å². The maximum atomic E-state index is 12.2. The van der Waals surface area contributed by atoms with Gasteiger partial charge in [-0.05, 0) is 17.7 Å². The van der Waals surface area contributed by atoms with Crippen LogP contribution >= 0.6 is 0 Å². The van der Waals surface area contributed by atoms with Crippen molar-refractivity contribution in [3.8, 4) is 5.75 Å². The number of carbonyl (C=O) groups excluding carboxylic acids is 1. The number of rotatable bonds is 4. The van der Waals surface area contributed by atoms with Gasteiger partial charge in [0.25, 0.3) is 5.91 Å². The molecule has 0 aromatic heterocycles. The van der Waals surface area contributed by atoms with Crippen LogP contribution in [0.15, 0.2) is 54.6 Å². The lowest BCUT2D eigenvalue weighted by molar-refractivity contribution is -0.135. The van der Waals surface area contributed by atoms with Crippen LogP contribution in [0, 0.1) is 0 Å². The van der Waals surface area contributed by atoms with Crippen molar-refractivity contribution in [2.75, 3.05) is 31.1 Å². The van der Waals surface area contributed by atoms with Gasteiger partial charge in [-0.3, -0.25) is 14.9 Å². The number of benzene rings is 2. The normalized spacial score (nSPS) is 16.6. The third-order valence-electron chi connectivity index (χ3n) is 4.38. The third-order valence-corrected chi connectivity index (χ3v) is 4.38. The number of piperazine rings is 1. The summed E-state index contributed by atoms with van der Waals surface area (Å²) in [4.78, 5) is 16.3. The monoisotopic (exact) mass is 327 g/mol. The number of aromatic hydroxyl groups is 1. The summed E-state index contributed by atoms with van der Waals surface area (Å²) in [5.74, 6) is -0.170. The molecular weight excluding hydrogens is 306 g/mol. The van der Waals surface area contributed by atoms with Crippen molar-refractivity contribution >= 4 is 11.6 Å². The number of phenolic OH excluding ortho intramolecular Hbond substituents is 1. The van der Waals surface area contributed by atoms with Gasteiger partial charge in [0, 0.05) is 26.2 Å². The number of nitrogens with zero attached hydrogens (tertiary/aromatic N) is 2. The minimum atomic E-state index is -0.525. The first-order valence-electron chi connectivity index (χ1n) is 7.96. The van der Waals surface area contributed by atoms with E-state index < -0.39 is 11.9 Å². The van der Waals surface area contributed by atoms with Crippen LogP contribution in [0.3, 0.4) is 0 Å². The predicted octanol–water partition coefficient (Wildman–Crippen LogP) is 1.76. The molecule has 0 spiro atoms. The average Bonchev–Trinajstić information content (AvgIpc) is 2.64. The summed E-state index contributed by atoms with van der Waals surface area (Å²) in [6.07, 6.45) is 0. The topological polar surface area (TPSA) is 76.0 Å². The second-order valence-electron chi connectivity index (χ2n) is 5.80. The van der Waals surface area contributed by atoms with Gasteiger partial charge in [0.2, 0.25) is 0 Å². The quantitative estimate of drug-likeness (QED) is 0.589. The van der Waals surface area contributed by atoms with Crippen LogP contribution in [0.1, 0.15) is 11.6 Å². The van der Waals surface area contributed by atoms with Crippen molar-refractivity contribution in [2.24, 2.45) is 0 Å². The van der Waals surface area contributed by atoms with Crippen LogP contribution in [0.2, 0.25) is 0 Å². The molecule has 0 bridgehead atoms. The lowest BCUT2D eigenvalue weighted by atomic mass is 10.0. The summed E-state index contributed by atoms with van der Waals surface area (Å²) in [6, 6.07) is 16.2. The van der Waals surface area contributed by atoms with E-state index in [0.29, 0.717) is 26.2 Å². The van der Waals surface area contributed by atoms with Crippen molar-refractivity contribution in [1.29, 1.82) is 0 Å². The van der Waals surface area contributed by atoms with E-state index in [-0.39, 0.29) is 5.75 Å². The van der Waals surface area contributed by atoms with Crippen LogP contribution in [0.5, 0.6) is 5.75 Å². The number of hydrogen-bond donors (Lipinski definition) is 3. The molecule has 1 heterocycles. The molecule has 24 heavy (non-hydrogen) atoms. The molecule has 3 rings (SSSR count). The molecule has 1 unspecified atom stereocenters. The lowest BCUT2D eigenvalue weighted by Gasteiger charge is -2.39. The molecule has 0 radical (unpaired) electrons. The molecule has 1 aliphatic rings. The van der Waals surface area contributed by atoms with Gasteiger partial charge in [0.15, 0.2) is 0 Å². The second-order valence-corrected chi connectivity index (χ2v) is 5.80. The van der Waals surface area contributed by atoms with Crippen LogP contribution in [-0.2, 0) is 4.79 Å². The maximum Gasteiger partial charge on any atom is 0.265 e. The molecule has 0 aliphatic carbocycles. The highest BCUT2D eigenvalue weighted by Gasteiger charge is 2.30. The Kier molecular flexibility index (Phi) is 4.98. The molecule has 1 atom stereocenters. The Morgan fingerprint density at radius 1 is 0.958 bits per heavy atom. The van der Waals surface area contributed by atoms with E-state index in [2.05, 4.69) is 4.90 Å². The third kappa shape index (κ3) is 3.34. The SMILES string of the molecule is O=C(NO)C(c1ccccc1)N1CCN(c2ccccc2O)CC1. The zero-order chi connectivity index (χ0) is 16.9. The highest BCUT2D eigenvalue weighted by atomic mass is 16.5. The Morgan fingerprint density at radius 3 is 2.21 bits per heavy atom. The minimum Gasteiger partial charge on any atom is -0.506 e. The van der Waals surface area contributed by atoms with E-state index in [4.69, 9.17) is 5.21 Å². The first kappa shape index (κ1) is 16.3. The summed E-state index contributed by atoms with van der Waals surface area (Å²) in [6.45, 7) is 2.70. The highest BCUT2D eigenvalue weighted by Crippen LogP contribution is 2.29. The first-order chi connectivity index (χ1) is 11.7. The Hall–Kier alpha value is -2.57. The Balaban J connectivity index is 1.74. The molecule has 6 nitrogen and oxygen atoms in total. The zero-order valence-corrected chi connectivity index (χ0v) is 13.3. The number of phenols is 1. The fourth-order valence-electron chi connectivity index (χ4n) is 3.18. The summed E-state index contributed by atoms with van der Waals surface area (Å²) in [7, 11) is 0. The number of anilines is 1. The van der Waals surface area contributed by atoms with E-state index in [0.717, 1.165) is 11.3 Å². The molecule has 1 amide bonds. The van der Waals surface area contributed by atoms with Gasteiger partial charge in [0.1, 0.15) is 11.8 Å². The standard InChI is InChI=1S/C18H21N3O3/c22-16-9-5-4-8-15(16)20-10-12-21(13-11-20)17(18(23)19-24)14-6-2-1-3-7-14/h1-9,17,22,24H,10-13H2,(H,19,23). The molecular formula is C18H21N3O3. The van der Waals surface area contributed by atoms with Crippen molar-refractivity contribution in [3.63, 3.8) is 0 Å². The Morgan fingerprint density at radius 2 is 1.58 bits per heavy atom. The number of amides is 1. The van der Waals surface area contributed by atoms with Crippen molar-refractivity contribution < 1.29 is 15.1 Å². The molecule has 1 saturated heterocycles. The predicted molar refractivity (Wildman–Crippen MR) is 91.0 cm³/mol. The van der Waals surface area contributed by atoms with E-state index >= 15 is 0 Å². The number of nitrogens with one attached hydrogen (secondary N) is 1. The fourth-order valence-corrected chi connectivity index (χ4v) is 3.18. The zero-order valence-electron chi connectivity index (χ0n) is 13.3. The van der Waals surface area contributed by atoms with Gasteiger partial charge < -0.3 is 10.0 Å². The molecule has 3 N–H and O–H groups in total. The minimum absolute atomic E-state index is 0.263. The van der Waals surface area contributed by atoms with Gasteiger partial charge >= 0.3 is 0 Å². The number of hydroxylamine groups is 1. The molecule has 1 aliphatic heterocycles. The van der Waals surface area contributed by atoms with Gasteiger partial charge in [-0.15, -0.1) is 0 Å². The van der Waals surface area contributed by atoms with Crippen molar-refractivity contribution in [3.05, 3.63) is 60.2 Å². The second kappa shape index (κ2) is 7.33. The van der Waals surface area contributed by atoms with Crippen LogP contribution < -0.4 is 10.4 Å². The largest absolute Gasteiger partial charge is 0.506 e. The fraction of sp³-hybridized carbons (Fsp3) is 0.278. The first-order valence-corrected chi connectivity index (χ1v) is 7.96. The van der Waals surface area contributed by atoms with Crippen LogP contribution in [0.4, 0.5) is 5.69 Å². The molecule has 126 valence electrons. The molecule has 0 saturated carbocycles. The summed E-state index contributed by atoms with van der Waals surface area (Å²) >= 11 is 0.